The van der Waals surface area contributed by atoms with E-state index in [4.69, 9.17) is 4.74 Å². The summed E-state index contributed by atoms with van der Waals surface area (Å²) in [5.74, 6) is -4.56. The van der Waals surface area contributed by atoms with Gasteiger partial charge < -0.3 is 24.5 Å². The van der Waals surface area contributed by atoms with Crippen LogP contribution in [0.3, 0.4) is 0 Å². The monoisotopic (exact) mass is 769 g/mol. The molecule has 5 aliphatic rings. The first-order valence-corrected chi connectivity index (χ1v) is 19.0. The van der Waals surface area contributed by atoms with Gasteiger partial charge in [-0.25, -0.2) is 4.79 Å². The number of hydrogen-bond acceptors (Lipinski definition) is 8. The van der Waals surface area contributed by atoms with Gasteiger partial charge in [-0.15, -0.1) is 6.58 Å². The Kier molecular flexibility index (Phi) is 8.23. The largest absolute Gasteiger partial charge is 0.480 e. The number of ether oxygens (including phenoxy) is 1. The van der Waals surface area contributed by atoms with Crippen LogP contribution in [0.15, 0.2) is 97.6 Å². The topological polar surface area (TPSA) is 165 Å². The average molecular weight is 770 g/mol. The van der Waals surface area contributed by atoms with E-state index in [1.54, 1.807) is 30.3 Å². The Bertz CT molecular complexity index is 2430. The fourth-order valence-corrected chi connectivity index (χ4v) is 10.0. The summed E-state index contributed by atoms with van der Waals surface area (Å²) in [5, 5.41) is 13.2. The van der Waals surface area contributed by atoms with Crippen LogP contribution in [0.25, 0.3) is 21.5 Å². The third-order valence-electron chi connectivity index (χ3n) is 12.4. The van der Waals surface area contributed by atoms with Crippen molar-refractivity contribution in [1.82, 2.24) is 14.7 Å². The molecule has 9 rings (SSSR count). The Morgan fingerprint density at radius 2 is 1.30 bits per heavy atom. The summed E-state index contributed by atoms with van der Waals surface area (Å²) in [6.07, 6.45) is -0.00157. The van der Waals surface area contributed by atoms with Gasteiger partial charge in [0.15, 0.2) is 0 Å². The predicted molar refractivity (Wildman–Crippen MR) is 207 cm³/mol. The van der Waals surface area contributed by atoms with Crippen LogP contribution in [-0.2, 0) is 38.3 Å². The number of nitrogens with zero attached hydrogens (tertiary/aromatic N) is 5. The van der Waals surface area contributed by atoms with Crippen LogP contribution in [0.5, 0.6) is 0 Å². The number of aliphatic carboxylic acids is 1. The number of carbonyl (C=O) groups is 7. The molecule has 14 heteroatoms. The van der Waals surface area contributed by atoms with Crippen LogP contribution in [0.1, 0.15) is 32.6 Å². The molecule has 4 aromatic carbocycles. The minimum atomic E-state index is -1.86. The number of likely N-dealkylation sites (tertiary alicyclic amines) is 1. The minimum Gasteiger partial charge on any atom is -0.480 e. The van der Waals surface area contributed by atoms with Gasteiger partial charge in [-0.2, -0.15) is 0 Å². The molecule has 1 N–H and O–H groups in total. The Morgan fingerprint density at radius 1 is 0.754 bits per heavy atom. The number of amides is 5. The van der Waals surface area contributed by atoms with E-state index in [1.165, 1.54) is 32.6 Å². The quantitative estimate of drug-likeness (QED) is 0.229. The molecule has 14 nitrogen and oxygen atoms in total. The minimum absolute atomic E-state index is 0.0469. The van der Waals surface area contributed by atoms with Crippen LogP contribution in [0, 0.1) is 0 Å². The molecule has 5 aliphatic heterocycles. The number of rotatable bonds is 6. The second-order valence-corrected chi connectivity index (χ2v) is 15.6. The summed E-state index contributed by atoms with van der Waals surface area (Å²) >= 11 is 0. The van der Waals surface area contributed by atoms with E-state index in [0.717, 1.165) is 15.7 Å². The standard InChI is InChI=1S/C43H39N5O9/c1-3-10-36(50)57-28-19-33-37(51)47(31-17-8-13-26-11-4-6-15-29(26)31)42(40(55)44(33)22-28)20-34-38(52)48(32-18-9-14-27-12-5-7-16-30(27)32)43(41(56)46(34)24-42)21-35(39(53)54)45(23-43)25(2)49/h3-9,11-18,28,33-35H,1,10,19-24H2,2H3,(H,53,54)/t28-,33+,34+,35?,42?,43?/m1/s1. The Labute approximate surface area is 326 Å². The molecular formula is C43H39N5O9. The summed E-state index contributed by atoms with van der Waals surface area (Å²) in [6.45, 7) is 3.99. The molecule has 5 saturated heterocycles. The number of benzene rings is 4. The highest BCUT2D eigenvalue weighted by atomic mass is 16.5. The van der Waals surface area contributed by atoms with Gasteiger partial charge in [-0.1, -0.05) is 78.9 Å². The lowest BCUT2D eigenvalue weighted by Gasteiger charge is -2.49. The van der Waals surface area contributed by atoms with Gasteiger partial charge in [0.05, 0.1) is 37.4 Å². The van der Waals surface area contributed by atoms with E-state index in [2.05, 4.69) is 6.58 Å². The van der Waals surface area contributed by atoms with Crippen molar-refractivity contribution in [2.45, 2.75) is 67.9 Å². The van der Waals surface area contributed by atoms with E-state index in [0.29, 0.717) is 22.1 Å². The third kappa shape index (κ3) is 5.19. The maximum absolute atomic E-state index is 15.5. The Morgan fingerprint density at radius 3 is 1.86 bits per heavy atom. The molecule has 5 heterocycles. The Balaban J connectivity index is 1.21. The first-order chi connectivity index (χ1) is 27.4. The molecule has 3 unspecified atom stereocenters. The summed E-state index contributed by atoms with van der Waals surface area (Å²) in [4.78, 5) is 106. The van der Waals surface area contributed by atoms with Crippen LogP contribution in [-0.4, -0.2) is 116 Å². The van der Waals surface area contributed by atoms with Crippen LogP contribution >= 0.6 is 0 Å². The zero-order valence-electron chi connectivity index (χ0n) is 31.1. The first kappa shape index (κ1) is 36.1. The maximum Gasteiger partial charge on any atom is 0.326 e. The molecule has 290 valence electrons. The molecular weight excluding hydrogens is 730 g/mol. The number of carbonyl (C=O) groups excluding carboxylic acids is 6. The van der Waals surface area contributed by atoms with Crippen LogP contribution in [0.2, 0.25) is 0 Å². The summed E-state index contributed by atoms with van der Waals surface area (Å²) in [6, 6.07) is 21.8. The van der Waals surface area contributed by atoms with Gasteiger partial charge in [-0.05, 0) is 22.9 Å². The normalized spacial score (nSPS) is 28.2. The van der Waals surface area contributed by atoms with Gasteiger partial charge in [-0.3, -0.25) is 38.6 Å². The van der Waals surface area contributed by atoms with Crippen molar-refractivity contribution in [3.8, 4) is 0 Å². The van der Waals surface area contributed by atoms with E-state index in [-0.39, 0.29) is 32.4 Å². The van der Waals surface area contributed by atoms with E-state index in [1.807, 2.05) is 54.6 Å². The summed E-state index contributed by atoms with van der Waals surface area (Å²) in [5.41, 5.74) is -2.85. The molecule has 57 heavy (non-hydrogen) atoms. The number of fused-ring (bicyclic) bond motifs is 4. The molecule has 5 fully saturated rings. The van der Waals surface area contributed by atoms with Gasteiger partial charge in [0, 0.05) is 37.0 Å². The SMILES string of the molecule is C=CCC(=O)O[C@@H]1C[C@H]2C(=O)N(c3cccc4ccccc34)C3(C[C@H]4C(=O)N(c5cccc6ccccc56)C5(CC(C(=O)O)N(C(C)=O)C5)C(=O)N4C3)C(=O)N2C1. The molecule has 5 amide bonds. The number of anilines is 2. The number of hydrogen-bond donors (Lipinski definition) is 1. The van der Waals surface area contributed by atoms with Crippen molar-refractivity contribution in [2.75, 3.05) is 29.4 Å². The first-order valence-electron chi connectivity index (χ1n) is 19.0. The zero-order chi connectivity index (χ0) is 40.0. The lowest BCUT2D eigenvalue weighted by molar-refractivity contribution is -0.151. The van der Waals surface area contributed by atoms with E-state index < -0.39 is 89.7 Å². The highest BCUT2D eigenvalue weighted by Crippen LogP contribution is 2.51. The second kappa shape index (κ2) is 13.0. The third-order valence-corrected chi connectivity index (χ3v) is 12.4. The van der Waals surface area contributed by atoms with Gasteiger partial charge in [0.2, 0.25) is 5.91 Å². The second-order valence-electron chi connectivity index (χ2n) is 15.6. The highest BCUT2D eigenvalue weighted by molar-refractivity contribution is 6.19. The highest BCUT2D eigenvalue weighted by Gasteiger charge is 2.71. The Hall–Kier alpha value is -6.57. The number of carboxylic acids is 1. The number of carboxylic acid groups (broad SMARTS) is 1. The summed E-state index contributed by atoms with van der Waals surface area (Å²) < 4.78 is 5.67. The number of esters is 1. The molecule has 4 aromatic rings. The van der Waals surface area contributed by atoms with Crippen molar-refractivity contribution in [2.24, 2.45) is 0 Å². The molecule has 2 spiro atoms. The number of piperazine rings is 2. The van der Waals surface area contributed by atoms with Crippen molar-refractivity contribution in [1.29, 1.82) is 0 Å². The van der Waals surface area contributed by atoms with Crippen LogP contribution in [0.4, 0.5) is 11.4 Å². The molecule has 0 aromatic heterocycles. The fourth-order valence-electron chi connectivity index (χ4n) is 10.0. The molecule has 6 atom stereocenters. The molecule has 0 aliphatic carbocycles. The fraction of sp³-hybridized carbons (Fsp3) is 0.326. The van der Waals surface area contributed by atoms with Crippen molar-refractivity contribution < 1.29 is 43.4 Å². The van der Waals surface area contributed by atoms with Crippen molar-refractivity contribution in [3.05, 3.63) is 97.6 Å². The van der Waals surface area contributed by atoms with E-state index in [9.17, 15) is 19.5 Å². The lowest BCUT2D eigenvalue weighted by Crippen LogP contribution is -2.73. The van der Waals surface area contributed by atoms with Gasteiger partial charge in [0.25, 0.3) is 23.6 Å². The van der Waals surface area contributed by atoms with Crippen LogP contribution < -0.4 is 9.80 Å². The maximum atomic E-state index is 15.5. The molecule has 0 bridgehead atoms. The zero-order valence-corrected chi connectivity index (χ0v) is 31.1. The van der Waals surface area contributed by atoms with Gasteiger partial charge in [0.1, 0.15) is 35.3 Å². The van der Waals surface area contributed by atoms with Crippen molar-refractivity contribution >= 4 is 74.4 Å². The van der Waals surface area contributed by atoms with E-state index >= 15 is 19.2 Å². The molecule has 0 radical (unpaired) electrons. The lowest BCUT2D eigenvalue weighted by atomic mass is 9.84. The molecule has 0 saturated carbocycles. The van der Waals surface area contributed by atoms with Crippen molar-refractivity contribution in [3.63, 3.8) is 0 Å². The average Bonchev–Trinajstić information content (AvgIpc) is 3.93. The smallest absolute Gasteiger partial charge is 0.326 e. The predicted octanol–water partition coefficient (Wildman–Crippen LogP) is 3.26. The summed E-state index contributed by atoms with van der Waals surface area (Å²) in [7, 11) is 0. The van der Waals surface area contributed by atoms with Gasteiger partial charge >= 0.3 is 11.9 Å².